The molecule has 31 heavy (non-hydrogen) atoms. The number of nitrogens with zero attached hydrogens (tertiary/aromatic N) is 3. The van der Waals surface area contributed by atoms with Crippen LogP contribution in [0, 0.1) is 0 Å². The fourth-order valence-electron chi connectivity index (χ4n) is 2.96. The molecule has 0 amide bonds. The van der Waals surface area contributed by atoms with Crippen molar-refractivity contribution in [1.29, 1.82) is 0 Å². The fraction of sp³-hybridized carbons (Fsp3) is 0.929. The van der Waals surface area contributed by atoms with E-state index in [2.05, 4.69) is 0 Å². The molecule has 1 heterocycles. The molecular formula is C14H29GaN3O10P3. The van der Waals surface area contributed by atoms with Crippen LogP contribution in [-0.4, -0.2) is 132 Å². The Morgan fingerprint density at radius 2 is 1.00 bits per heavy atom. The summed E-state index contributed by atoms with van der Waals surface area (Å²) in [7, 11) is -11.7. The Morgan fingerprint density at radius 1 is 0.710 bits per heavy atom. The predicted molar refractivity (Wildman–Crippen MR) is 109 cm³/mol. The molecule has 3 N–H and O–H groups in total. The van der Waals surface area contributed by atoms with Gasteiger partial charge >= 0.3 is 19.8 Å². The van der Waals surface area contributed by atoms with Gasteiger partial charge in [-0.25, -0.2) is 0 Å². The first-order valence-electron chi connectivity index (χ1n) is 9.23. The third-order valence-electron chi connectivity index (χ3n) is 4.53. The van der Waals surface area contributed by atoms with Crippen molar-refractivity contribution in [2.24, 2.45) is 0 Å². The van der Waals surface area contributed by atoms with E-state index in [9.17, 15) is 48.5 Å². The Morgan fingerprint density at radius 3 is 1.26 bits per heavy atom. The maximum Gasteiger partial charge on any atom is 3.00 e. The molecule has 0 aromatic carbocycles. The molecule has 17 heteroatoms. The van der Waals surface area contributed by atoms with Gasteiger partial charge in [0.15, 0.2) is 14.7 Å². The largest absolute Gasteiger partial charge is 3.00 e. The van der Waals surface area contributed by atoms with Gasteiger partial charge in [0.2, 0.25) is 7.37 Å². The second-order valence-corrected chi connectivity index (χ2v) is 14.3. The predicted octanol–water partition coefficient (Wildman–Crippen LogP) is -4.02. The molecular weight excluding hydrogens is 531 g/mol. The monoisotopic (exact) mass is 560 g/mol. The molecule has 1 aliphatic rings. The standard InChI is InChI=1S/C14H30N3O10P3.Ga/c18-12-29(24,25)10-16-4-2-15(9-28(22,23)8-1-14(20)21)3-5-17(7-6-16)11-30(26,27)13-19;/h1-13H2,(H,20,21)(H,22,23)(H,24,25)(H,26,27);/q-2;+3/p-1/i;1-2. The number of rotatable bonds is 11. The van der Waals surface area contributed by atoms with Crippen LogP contribution in [0.25, 0.3) is 0 Å². The van der Waals surface area contributed by atoms with Crippen molar-refractivity contribution in [1.82, 2.24) is 14.7 Å². The van der Waals surface area contributed by atoms with E-state index in [1.54, 1.807) is 4.90 Å². The second-order valence-electron chi connectivity index (χ2n) is 7.42. The normalized spacial score (nSPS) is 23.3. The average molecular weight is 560 g/mol. The van der Waals surface area contributed by atoms with Crippen molar-refractivity contribution in [3.63, 3.8) is 0 Å². The Kier molecular flexibility index (Phi) is 14.2. The Bertz CT molecular complexity index is 677. The molecule has 0 radical (unpaired) electrons. The summed E-state index contributed by atoms with van der Waals surface area (Å²) < 4.78 is 36.0. The summed E-state index contributed by atoms with van der Waals surface area (Å²) in [6.07, 6.45) is -4.48. The number of carboxylic acids is 1. The molecule has 1 fully saturated rings. The van der Waals surface area contributed by atoms with Crippen LogP contribution in [0.15, 0.2) is 0 Å². The molecule has 0 aliphatic carbocycles. The summed E-state index contributed by atoms with van der Waals surface area (Å²) >= 11 is 0. The summed E-state index contributed by atoms with van der Waals surface area (Å²) in [6, 6.07) is 0. The molecule has 1 saturated heterocycles. The first-order valence-corrected chi connectivity index (χ1v) is 15.3. The average Bonchev–Trinajstić information content (AvgIpc) is 2.72. The molecule has 0 bridgehead atoms. The van der Waals surface area contributed by atoms with Crippen molar-refractivity contribution in [2.75, 3.05) is 77.0 Å². The van der Waals surface area contributed by atoms with Crippen molar-refractivity contribution in [3.8, 4) is 0 Å². The van der Waals surface area contributed by atoms with E-state index in [0.717, 1.165) is 0 Å². The minimum absolute atomic E-state index is 0. The van der Waals surface area contributed by atoms with Gasteiger partial charge in [0.1, 0.15) is 0 Å². The zero-order chi connectivity index (χ0) is 23.0. The van der Waals surface area contributed by atoms with Gasteiger partial charge in [0.25, 0.3) is 0 Å². The number of hydrogen-bond acceptors (Lipinski definition) is 10. The van der Waals surface area contributed by atoms with Crippen LogP contribution in [0.5, 0.6) is 0 Å². The van der Waals surface area contributed by atoms with Crippen LogP contribution in [0.3, 0.4) is 0 Å². The molecule has 178 valence electrons. The van der Waals surface area contributed by atoms with Crippen molar-refractivity contribution in [2.45, 2.75) is 6.42 Å². The second kappa shape index (κ2) is 14.0. The van der Waals surface area contributed by atoms with Crippen molar-refractivity contribution >= 4 is 47.9 Å². The van der Waals surface area contributed by atoms with E-state index in [-0.39, 0.29) is 65.3 Å². The Balaban J connectivity index is 0.00000900. The first kappa shape index (κ1) is 31.5. The van der Waals surface area contributed by atoms with Gasteiger partial charge in [-0.15, -0.1) is 0 Å². The minimum atomic E-state index is -3.94. The smallest absolute Gasteiger partial charge is 0.847 e. The van der Waals surface area contributed by atoms with Gasteiger partial charge in [-0.2, -0.15) is 0 Å². The van der Waals surface area contributed by atoms with Crippen LogP contribution in [-0.2, 0) is 18.5 Å². The van der Waals surface area contributed by atoms with Gasteiger partial charge in [-0.05, 0) is 6.42 Å². The molecule has 1 rings (SSSR count). The van der Waals surface area contributed by atoms with E-state index in [1.165, 1.54) is 9.80 Å². The van der Waals surface area contributed by atoms with Gasteiger partial charge in [0, 0.05) is 51.4 Å². The van der Waals surface area contributed by atoms with E-state index < -0.39 is 65.9 Å². The summed E-state index contributed by atoms with van der Waals surface area (Å²) in [5.74, 6) is -1.45. The fourth-order valence-corrected chi connectivity index (χ4v) is 6.52. The van der Waals surface area contributed by atoms with E-state index >= 15 is 0 Å². The molecule has 3 atom stereocenters. The van der Waals surface area contributed by atoms with E-state index in [1.807, 2.05) is 0 Å². The van der Waals surface area contributed by atoms with Gasteiger partial charge in [0.05, 0.1) is 18.9 Å². The first-order chi connectivity index (χ1) is 13.8. The Labute approximate surface area is 194 Å². The molecule has 3 unspecified atom stereocenters. The van der Waals surface area contributed by atoms with Gasteiger partial charge in [-0.3, -0.25) is 28.4 Å². The SMILES string of the molecule is O=C([O-])CCP(=O)(O)CN1CCN(CP(=O)(O)C[O-])CCN(CP(=O)(O)C[O-])CC1.[68Ga+3]. The van der Waals surface area contributed by atoms with Crippen LogP contribution in [0.4, 0.5) is 0 Å². The van der Waals surface area contributed by atoms with Gasteiger partial charge < -0.3 is 34.8 Å². The zero-order valence-electron chi connectivity index (χ0n) is 17.2. The zero-order valence-corrected chi connectivity index (χ0v) is 22.3. The quantitative estimate of drug-likeness (QED) is 0.163. The number of carbonyl (C=O) groups is 1. The van der Waals surface area contributed by atoms with Gasteiger partial charge in [-0.1, -0.05) is 12.7 Å². The van der Waals surface area contributed by atoms with Crippen LogP contribution < -0.4 is 15.3 Å². The van der Waals surface area contributed by atoms with Crippen LogP contribution in [0.2, 0.25) is 0 Å². The number of carboxylic acid groups (broad SMARTS) is 1. The van der Waals surface area contributed by atoms with Crippen molar-refractivity contribution < 1.29 is 48.5 Å². The molecule has 0 saturated carbocycles. The Hall–Kier alpha value is 0.476. The van der Waals surface area contributed by atoms with Crippen LogP contribution in [0.1, 0.15) is 6.42 Å². The maximum atomic E-state index is 12.3. The van der Waals surface area contributed by atoms with E-state index in [0.29, 0.717) is 0 Å². The molecule has 0 aromatic heterocycles. The summed E-state index contributed by atoms with van der Waals surface area (Å²) in [5, 5.41) is 32.4. The third kappa shape index (κ3) is 13.7. The number of carbonyl (C=O) groups excluding carboxylic acids is 1. The molecule has 13 nitrogen and oxygen atoms in total. The summed E-state index contributed by atoms with van der Waals surface area (Å²) in [4.78, 5) is 44.6. The summed E-state index contributed by atoms with van der Waals surface area (Å²) in [6.45, 7) is 1.16. The molecule has 0 spiro atoms. The maximum absolute atomic E-state index is 12.3. The van der Waals surface area contributed by atoms with Crippen molar-refractivity contribution in [3.05, 3.63) is 0 Å². The topological polar surface area (TPSA) is 208 Å². The number of aliphatic carboxylic acids is 1. The van der Waals surface area contributed by atoms with E-state index in [4.69, 9.17) is 0 Å². The van der Waals surface area contributed by atoms with Crippen LogP contribution >= 0.6 is 22.1 Å². The molecule has 0 aromatic rings. The third-order valence-corrected chi connectivity index (χ3v) is 8.78. The summed E-state index contributed by atoms with van der Waals surface area (Å²) in [5.41, 5.74) is 0. The number of hydrogen-bond donors (Lipinski definition) is 3. The minimum Gasteiger partial charge on any atom is -0.847 e. The molecule has 1 aliphatic heterocycles.